The van der Waals surface area contributed by atoms with E-state index in [-0.39, 0.29) is 86.1 Å². The van der Waals surface area contributed by atoms with E-state index in [9.17, 15) is 0 Å². The van der Waals surface area contributed by atoms with E-state index in [0.29, 0.717) is 0 Å². The molecule has 0 aromatic rings. The summed E-state index contributed by atoms with van der Waals surface area (Å²) in [6.07, 6.45) is 0. The summed E-state index contributed by atoms with van der Waals surface area (Å²) in [6.45, 7) is 0. The second-order valence-corrected chi connectivity index (χ2v) is 0. The molecule has 0 aliphatic heterocycles. The van der Waals surface area contributed by atoms with Crippen molar-refractivity contribution in [3.63, 3.8) is 0 Å². The molecule has 0 amide bonds. The van der Waals surface area contributed by atoms with Crippen molar-refractivity contribution in [3.8, 4) is 0 Å². The molecule has 0 saturated heterocycles. The zero-order valence-corrected chi connectivity index (χ0v) is 8.55. The molecule has 0 atom stereocenters. The molecule has 0 aromatic heterocycles. The third-order valence-electron chi connectivity index (χ3n) is 0. The molecule has 0 radical (unpaired) electrons. The summed E-state index contributed by atoms with van der Waals surface area (Å²) >= 11 is 0. The normalized spacial score (nSPS) is 0. The van der Waals surface area contributed by atoms with E-state index >= 15 is 0 Å². The first-order valence-electron chi connectivity index (χ1n) is 0. The summed E-state index contributed by atoms with van der Waals surface area (Å²) in [5.41, 5.74) is 0. The third-order valence-corrected chi connectivity index (χ3v) is 0. The fourth-order valence-corrected chi connectivity index (χ4v) is 0. The van der Waals surface area contributed by atoms with Crippen molar-refractivity contribution in [3.05, 3.63) is 0 Å². The molecule has 0 rings (SSSR count). The fraction of sp³-hybridized carbons (Fsp3) is 0. The van der Waals surface area contributed by atoms with Crippen LogP contribution < -0.4 is 37.2 Å². The molecule has 24 valence electrons. The molecule has 0 unspecified atom stereocenters. The van der Waals surface area contributed by atoms with Crippen LogP contribution in [0.5, 0.6) is 0 Å². The van der Waals surface area contributed by atoms with Gasteiger partial charge >= 0.3 is 48.9 Å². The summed E-state index contributed by atoms with van der Waals surface area (Å²) in [4.78, 5) is 0. The van der Waals surface area contributed by atoms with Crippen molar-refractivity contribution in [2.45, 2.75) is 0 Å². The molecule has 0 aliphatic rings. The number of hydrogen-bond donors (Lipinski definition) is 0. The van der Waals surface area contributed by atoms with Gasteiger partial charge in [-0.3, -0.25) is 0 Å². The van der Waals surface area contributed by atoms with Gasteiger partial charge in [-0.1, -0.05) is 0 Å². The predicted octanol–water partition coefficient (Wildman–Crippen LogP) is -9.37. The van der Waals surface area contributed by atoms with E-state index in [1.54, 1.807) is 0 Å². The zero-order chi connectivity index (χ0) is 0. The molecule has 0 bridgehead atoms. The Kier molecular flexibility index (Phi) is 144. The van der Waals surface area contributed by atoms with Crippen LogP contribution >= 0.6 is 0 Å². The third kappa shape index (κ3) is 8.82. The maximum atomic E-state index is 0. The molecule has 4 heavy (non-hydrogen) atoms. The van der Waals surface area contributed by atoms with Crippen molar-refractivity contribution in [2.75, 3.05) is 0 Å². The summed E-state index contributed by atoms with van der Waals surface area (Å²) in [6, 6.07) is 0. The van der Waals surface area contributed by atoms with Crippen LogP contribution in [-0.2, 0) is 0 Å². The molecule has 0 aromatic carbocycles. The molecule has 0 nitrogen and oxygen atoms in total. The van der Waals surface area contributed by atoms with Gasteiger partial charge in [0.1, 0.15) is 0 Å². The van der Waals surface area contributed by atoms with Gasteiger partial charge in [0.25, 0.3) is 0 Å². The Labute approximate surface area is 84.4 Å². The maximum Gasteiger partial charge on any atom is 2.00 e. The van der Waals surface area contributed by atoms with E-state index in [1.807, 2.05) is 0 Å². The Bertz CT molecular complexity index is 3.25. The molecule has 0 heterocycles. The largest absolute Gasteiger partial charge is 2.00 e. The van der Waals surface area contributed by atoms with Gasteiger partial charge in [0, 0.05) is 0 Å². The molecule has 0 fully saturated rings. The van der Waals surface area contributed by atoms with Gasteiger partial charge < -0.3 is 37.2 Å². The van der Waals surface area contributed by atoms with Gasteiger partial charge in [0.15, 0.2) is 0 Å². The van der Waals surface area contributed by atoms with Crippen LogP contribution in [0.3, 0.4) is 0 Å². The van der Waals surface area contributed by atoms with Gasteiger partial charge in [-0.05, 0) is 0 Å². The van der Waals surface area contributed by atoms with Crippen molar-refractivity contribution in [1.82, 2.24) is 0 Å². The quantitative estimate of drug-likeness (QED) is 0.371. The fourth-order valence-electron chi connectivity index (χ4n) is 0. The molecular formula is BaCl3-. The number of hydrogen-bond acceptors (Lipinski definition) is 0. The van der Waals surface area contributed by atoms with Crippen LogP contribution in [0.4, 0.5) is 0 Å². The summed E-state index contributed by atoms with van der Waals surface area (Å²) in [5.74, 6) is 0. The minimum atomic E-state index is 0. The molecule has 0 spiro atoms. The van der Waals surface area contributed by atoms with E-state index in [1.165, 1.54) is 0 Å². The molecular weight excluding hydrogens is 244 g/mol. The number of halogens is 3. The standard InChI is InChI=1S/Ba.3ClH/h;3*1H/q+2;;;/p-3. The van der Waals surface area contributed by atoms with Crippen LogP contribution in [0.15, 0.2) is 0 Å². The first kappa shape index (κ1) is 32.0. The van der Waals surface area contributed by atoms with Crippen molar-refractivity contribution >= 4 is 48.9 Å². The second kappa shape index (κ2) is 18.0. The Morgan fingerprint density at radius 1 is 0.500 bits per heavy atom. The Morgan fingerprint density at radius 3 is 0.500 bits per heavy atom. The van der Waals surface area contributed by atoms with Crippen molar-refractivity contribution < 1.29 is 37.2 Å². The van der Waals surface area contributed by atoms with Crippen molar-refractivity contribution in [2.24, 2.45) is 0 Å². The Morgan fingerprint density at radius 2 is 0.500 bits per heavy atom. The Balaban J connectivity index is 0. The molecule has 0 aliphatic carbocycles. The average molecular weight is 244 g/mol. The van der Waals surface area contributed by atoms with Crippen molar-refractivity contribution in [1.29, 1.82) is 0 Å². The maximum absolute atomic E-state index is 0. The summed E-state index contributed by atoms with van der Waals surface area (Å²) in [7, 11) is 0. The van der Waals surface area contributed by atoms with E-state index in [2.05, 4.69) is 0 Å². The first-order chi connectivity index (χ1) is 0. The van der Waals surface area contributed by atoms with Gasteiger partial charge in [0.05, 0.1) is 0 Å². The predicted molar refractivity (Wildman–Crippen MR) is 5.75 cm³/mol. The van der Waals surface area contributed by atoms with E-state index in [4.69, 9.17) is 0 Å². The van der Waals surface area contributed by atoms with Gasteiger partial charge in [-0.25, -0.2) is 0 Å². The average Bonchev–Trinajstić information content (AvgIpc) is 0. The van der Waals surface area contributed by atoms with E-state index in [0.717, 1.165) is 0 Å². The number of rotatable bonds is 0. The summed E-state index contributed by atoms with van der Waals surface area (Å²) in [5, 5.41) is 0. The SMILES string of the molecule is [Ba+2].[Cl-].[Cl-].[Cl-]. The van der Waals surface area contributed by atoms with Crippen LogP contribution in [0, 0.1) is 0 Å². The minimum absolute atomic E-state index is 0. The van der Waals surface area contributed by atoms with Gasteiger partial charge in [-0.2, -0.15) is 0 Å². The smallest absolute Gasteiger partial charge is 1.00 e. The second-order valence-electron chi connectivity index (χ2n) is 0. The van der Waals surface area contributed by atoms with Crippen LogP contribution in [0.25, 0.3) is 0 Å². The van der Waals surface area contributed by atoms with Gasteiger partial charge in [0.2, 0.25) is 0 Å². The zero-order valence-electron chi connectivity index (χ0n) is 1.84. The van der Waals surface area contributed by atoms with Crippen LogP contribution in [-0.4, -0.2) is 48.9 Å². The minimum Gasteiger partial charge on any atom is -1.00 e. The molecule has 0 saturated carbocycles. The Hall–Kier alpha value is 2.44. The van der Waals surface area contributed by atoms with Crippen LogP contribution in [0.2, 0.25) is 0 Å². The monoisotopic (exact) mass is 243 g/mol. The molecule has 4 heteroatoms. The van der Waals surface area contributed by atoms with E-state index < -0.39 is 0 Å². The topological polar surface area (TPSA) is 0 Å². The first-order valence-corrected chi connectivity index (χ1v) is 0. The molecule has 0 N–H and O–H groups in total. The van der Waals surface area contributed by atoms with Gasteiger partial charge in [-0.15, -0.1) is 0 Å². The van der Waals surface area contributed by atoms with Crippen LogP contribution in [0.1, 0.15) is 0 Å². The summed E-state index contributed by atoms with van der Waals surface area (Å²) < 4.78 is 0.